The van der Waals surface area contributed by atoms with Gasteiger partial charge in [-0.3, -0.25) is 15.6 Å². The van der Waals surface area contributed by atoms with E-state index in [2.05, 4.69) is 25.7 Å². The molecule has 10 heteroatoms. The van der Waals surface area contributed by atoms with Crippen LogP contribution in [0, 0.1) is 0 Å². The zero-order valence-electron chi connectivity index (χ0n) is 15.0. The summed E-state index contributed by atoms with van der Waals surface area (Å²) in [5, 5.41) is 8.08. The lowest BCUT2D eigenvalue weighted by Gasteiger charge is -2.22. The molecule has 2 amide bonds. The van der Waals surface area contributed by atoms with E-state index in [1.807, 2.05) is 0 Å². The zero-order valence-corrected chi connectivity index (χ0v) is 15.0. The number of rotatable bonds is 4. The molecule has 0 saturated carbocycles. The Bertz CT molecular complexity index is 480. The summed E-state index contributed by atoms with van der Waals surface area (Å²) in [4.78, 5) is 30.3. The predicted octanol–water partition coefficient (Wildman–Crippen LogP) is 3.09. The number of azide groups is 1. The number of nitrogens with zero attached hydrogens (tertiary/aromatic N) is 4. The maximum atomic E-state index is 11.8. The second kappa shape index (κ2) is 9.61. The van der Waals surface area contributed by atoms with Gasteiger partial charge in [0.05, 0.1) is 0 Å². The molecule has 10 nitrogen and oxygen atoms in total. The van der Waals surface area contributed by atoms with Crippen LogP contribution in [0.1, 0.15) is 48.0 Å². The molecular weight excluding hydrogens is 316 g/mol. The third-order valence-corrected chi connectivity index (χ3v) is 1.99. The number of carbonyl (C=O) groups excluding carboxylic acids is 2. The summed E-state index contributed by atoms with van der Waals surface area (Å²) in [5.74, 6) is -0.0977. The lowest BCUT2D eigenvalue weighted by Crippen LogP contribution is -2.47. The molecule has 2 N–H and O–H groups in total. The monoisotopic (exact) mass is 342 g/mol. The van der Waals surface area contributed by atoms with Crippen LogP contribution in [-0.2, 0) is 9.47 Å². The Labute approximate surface area is 141 Å². The SMILES string of the molecule is CC(C)(C)OC(=O)NC(=NCCCN=[N+]=[N-])NC(=O)OC(C)(C)C. The van der Waals surface area contributed by atoms with E-state index < -0.39 is 23.4 Å². The molecular formula is C14H26N6O4. The van der Waals surface area contributed by atoms with Crippen molar-refractivity contribution in [2.45, 2.75) is 59.2 Å². The molecule has 0 rings (SSSR count). The number of aliphatic imine (C=N–C) groups is 1. The lowest BCUT2D eigenvalue weighted by molar-refractivity contribution is 0.0545. The average Bonchev–Trinajstić information content (AvgIpc) is 2.33. The second-order valence-corrected chi connectivity index (χ2v) is 6.79. The first-order valence-electron chi connectivity index (χ1n) is 7.48. The molecule has 0 aromatic carbocycles. The van der Waals surface area contributed by atoms with Gasteiger partial charge in [0.2, 0.25) is 5.96 Å². The summed E-state index contributed by atoms with van der Waals surface area (Å²) in [6.45, 7) is 10.8. The molecule has 0 aromatic heterocycles. The molecule has 0 aliphatic carbocycles. The van der Waals surface area contributed by atoms with Gasteiger partial charge in [0, 0.05) is 18.0 Å². The van der Waals surface area contributed by atoms with Gasteiger partial charge in [-0.05, 0) is 53.5 Å². The Morgan fingerprint density at radius 2 is 1.42 bits per heavy atom. The van der Waals surface area contributed by atoms with Crippen LogP contribution in [0.25, 0.3) is 10.4 Å². The highest BCUT2D eigenvalue weighted by atomic mass is 16.6. The minimum atomic E-state index is -0.757. The van der Waals surface area contributed by atoms with Gasteiger partial charge >= 0.3 is 12.2 Å². The maximum Gasteiger partial charge on any atom is 0.414 e. The van der Waals surface area contributed by atoms with Gasteiger partial charge < -0.3 is 9.47 Å². The largest absolute Gasteiger partial charge is 0.444 e. The molecule has 0 bridgehead atoms. The normalized spacial score (nSPS) is 10.9. The number of hydrogen-bond donors (Lipinski definition) is 2. The Morgan fingerprint density at radius 1 is 0.958 bits per heavy atom. The summed E-state index contributed by atoms with van der Waals surface area (Å²) >= 11 is 0. The van der Waals surface area contributed by atoms with Crippen molar-refractivity contribution in [2.24, 2.45) is 10.1 Å². The summed E-state index contributed by atoms with van der Waals surface area (Å²) in [5.41, 5.74) is 6.82. The van der Waals surface area contributed by atoms with Crippen molar-refractivity contribution in [1.29, 1.82) is 0 Å². The summed E-state index contributed by atoms with van der Waals surface area (Å²) in [7, 11) is 0. The number of guanidine groups is 1. The van der Waals surface area contributed by atoms with E-state index in [1.54, 1.807) is 41.5 Å². The predicted molar refractivity (Wildman–Crippen MR) is 89.7 cm³/mol. The third-order valence-electron chi connectivity index (χ3n) is 1.99. The van der Waals surface area contributed by atoms with Gasteiger partial charge in [-0.1, -0.05) is 5.11 Å². The first-order chi connectivity index (χ1) is 10.9. The number of alkyl carbamates (subject to hydrolysis) is 2. The van der Waals surface area contributed by atoms with Crippen molar-refractivity contribution >= 4 is 18.1 Å². The number of amides is 2. The Kier molecular flexibility index (Phi) is 8.62. The molecule has 0 fully saturated rings. The topological polar surface area (TPSA) is 138 Å². The highest BCUT2D eigenvalue weighted by Gasteiger charge is 2.21. The molecule has 0 aliphatic heterocycles. The molecule has 0 unspecified atom stereocenters. The van der Waals surface area contributed by atoms with Crippen molar-refractivity contribution in [3.8, 4) is 0 Å². The lowest BCUT2D eigenvalue weighted by atomic mass is 10.2. The van der Waals surface area contributed by atoms with Crippen molar-refractivity contribution in [3.63, 3.8) is 0 Å². The molecule has 0 aromatic rings. The molecule has 0 atom stereocenters. The van der Waals surface area contributed by atoms with E-state index >= 15 is 0 Å². The quantitative estimate of drug-likeness (QED) is 0.202. The van der Waals surface area contributed by atoms with E-state index in [9.17, 15) is 9.59 Å². The smallest absolute Gasteiger partial charge is 0.414 e. The fraction of sp³-hybridized carbons (Fsp3) is 0.786. The van der Waals surface area contributed by atoms with Gasteiger partial charge in [-0.25, -0.2) is 9.59 Å². The van der Waals surface area contributed by atoms with E-state index in [-0.39, 0.29) is 19.0 Å². The number of hydrogen-bond acceptors (Lipinski definition) is 6. The number of nitrogens with one attached hydrogen (secondary N) is 2. The van der Waals surface area contributed by atoms with Crippen LogP contribution in [0.2, 0.25) is 0 Å². The summed E-state index contributed by atoms with van der Waals surface area (Å²) in [6, 6.07) is 0. The minimum absolute atomic E-state index is 0.0977. The van der Waals surface area contributed by atoms with Crippen molar-refractivity contribution in [2.75, 3.05) is 13.1 Å². The van der Waals surface area contributed by atoms with Crippen LogP contribution < -0.4 is 10.6 Å². The molecule has 0 heterocycles. The van der Waals surface area contributed by atoms with Gasteiger partial charge in [-0.2, -0.15) is 0 Å². The van der Waals surface area contributed by atoms with Crippen LogP contribution in [0.3, 0.4) is 0 Å². The fourth-order valence-electron chi connectivity index (χ4n) is 1.29. The molecule has 136 valence electrons. The number of ether oxygens (including phenoxy) is 2. The van der Waals surface area contributed by atoms with Crippen molar-refractivity contribution < 1.29 is 19.1 Å². The highest BCUT2D eigenvalue weighted by molar-refractivity contribution is 6.01. The molecule has 24 heavy (non-hydrogen) atoms. The summed E-state index contributed by atoms with van der Waals surface area (Å²) < 4.78 is 10.2. The van der Waals surface area contributed by atoms with Gasteiger partial charge in [0.15, 0.2) is 0 Å². The van der Waals surface area contributed by atoms with E-state index in [0.717, 1.165) is 0 Å². The molecule has 0 saturated heterocycles. The van der Waals surface area contributed by atoms with Gasteiger partial charge in [-0.15, -0.1) is 0 Å². The highest BCUT2D eigenvalue weighted by Crippen LogP contribution is 2.07. The zero-order chi connectivity index (χ0) is 18.8. The second-order valence-electron chi connectivity index (χ2n) is 6.79. The van der Waals surface area contributed by atoms with E-state index in [0.29, 0.717) is 6.42 Å². The fourth-order valence-corrected chi connectivity index (χ4v) is 1.29. The Morgan fingerprint density at radius 3 is 1.79 bits per heavy atom. The molecule has 0 radical (unpaired) electrons. The van der Waals surface area contributed by atoms with Gasteiger partial charge in [0.1, 0.15) is 11.2 Å². The van der Waals surface area contributed by atoms with E-state index in [1.165, 1.54) is 0 Å². The van der Waals surface area contributed by atoms with Crippen LogP contribution in [0.15, 0.2) is 10.1 Å². The van der Waals surface area contributed by atoms with Crippen LogP contribution in [0.5, 0.6) is 0 Å². The maximum absolute atomic E-state index is 11.8. The Balaban J connectivity index is 4.81. The molecule has 0 spiro atoms. The van der Waals surface area contributed by atoms with Crippen LogP contribution in [0.4, 0.5) is 9.59 Å². The van der Waals surface area contributed by atoms with Crippen molar-refractivity contribution in [3.05, 3.63) is 10.4 Å². The average molecular weight is 342 g/mol. The Hall–Kier alpha value is -2.48. The third kappa shape index (κ3) is 13.2. The van der Waals surface area contributed by atoms with Crippen LogP contribution in [-0.4, -0.2) is 42.4 Å². The first kappa shape index (κ1) is 21.5. The van der Waals surface area contributed by atoms with Crippen molar-refractivity contribution in [1.82, 2.24) is 10.6 Å². The number of carbonyl (C=O) groups is 2. The van der Waals surface area contributed by atoms with E-state index in [4.69, 9.17) is 15.0 Å². The minimum Gasteiger partial charge on any atom is -0.444 e. The first-order valence-corrected chi connectivity index (χ1v) is 7.48. The summed E-state index contributed by atoms with van der Waals surface area (Å²) in [6.07, 6.45) is -1.06. The van der Waals surface area contributed by atoms with Gasteiger partial charge in [0.25, 0.3) is 0 Å². The molecule has 0 aliphatic rings. The van der Waals surface area contributed by atoms with Crippen LogP contribution >= 0.6 is 0 Å². The standard InChI is InChI=1S/C14H26N6O4/c1-13(2,3)23-11(21)18-10(16-8-7-9-17-20-15)19-12(22)24-14(4,5)6/h7-9H2,1-6H3,(H2,16,18,19,21,22).